The van der Waals surface area contributed by atoms with Gasteiger partial charge in [-0.15, -0.1) is 0 Å². The Morgan fingerprint density at radius 3 is 3.25 bits per heavy atom. The number of rotatable bonds is 1. The molecule has 0 radical (unpaired) electrons. The maximum atomic E-state index is 8.93. The second-order valence-electron chi connectivity index (χ2n) is 3.18. The van der Waals surface area contributed by atoms with Crippen molar-refractivity contribution in [1.82, 2.24) is 10.1 Å². The smallest absolute Gasteiger partial charge is 0.142 e. The van der Waals surface area contributed by atoms with E-state index in [1.165, 1.54) is 0 Å². The molecular formula is C8H12N2O2. The first-order valence-electron chi connectivity index (χ1n) is 4.07. The van der Waals surface area contributed by atoms with Crippen LogP contribution in [0.15, 0.2) is 4.52 Å². The van der Waals surface area contributed by atoms with Gasteiger partial charge in [0, 0.05) is 25.1 Å². The summed E-state index contributed by atoms with van der Waals surface area (Å²) in [5.41, 5.74) is 1.77. The van der Waals surface area contributed by atoms with Crippen LogP contribution >= 0.6 is 0 Å². The maximum Gasteiger partial charge on any atom is 0.142 e. The molecule has 66 valence electrons. The molecule has 0 unspecified atom stereocenters. The van der Waals surface area contributed by atoms with Crippen molar-refractivity contribution in [3.8, 4) is 0 Å². The minimum absolute atomic E-state index is 0.0212. The predicted octanol–water partition coefficient (Wildman–Crippen LogP) is 0.155. The maximum absolute atomic E-state index is 8.93. The van der Waals surface area contributed by atoms with Crippen LogP contribution in [0.2, 0.25) is 0 Å². The van der Waals surface area contributed by atoms with Crippen LogP contribution in [0.5, 0.6) is 0 Å². The van der Waals surface area contributed by atoms with Gasteiger partial charge in [-0.1, -0.05) is 5.16 Å². The summed E-state index contributed by atoms with van der Waals surface area (Å²) in [7, 11) is 2.05. The molecule has 1 aromatic heterocycles. The number of hydrogen-bond acceptors (Lipinski definition) is 4. The summed E-state index contributed by atoms with van der Waals surface area (Å²) in [6, 6.07) is 0. The first-order valence-corrected chi connectivity index (χ1v) is 4.07. The highest BCUT2D eigenvalue weighted by atomic mass is 16.5. The topological polar surface area (TPSA) is 49.5 Å². The molecule has 1 aliphatic rings. The van der Waals surface area contributed by atoms with Crippen molar-refractivity contribution in [2.24, 2.45) is 0 Å². The number of aliphatic hydroxyl groups is 1. The van der Waals surface area contributed by atoms with Crippen molar-refractivity contribution in [2.45, 2.75) is 19.6 Å². The average molecular weight is 168 g/mol. The third kappa shape index (κ3) is 1.13. The van der Waals surface area contributed by atoms with Gasteiger partial charge in [-0.05, 0) is 7.05 Å². The van der Waals surface area contributed by atoms with Crippen molar-refractivity contribution in [3.63, 3.8) is 0 Å². The fourth-order valence-electron chi connectivity index (χ4n) is 1.52. The van der Waals surface area contributed by atoms with Crippen LogP contribution in [0.4, 0.5) is 0 Å². The third-order valence-corrected chi connectivity index (χ3v) is 2.25. The molecule has 1 N–H and O–H groups in total. The molecule has 1 aliphatic heterocycles. The minimum Gasteiger partial charge on any atom is -0.390 e. The Labute approximate surface area is 70.8 Å². The van der Waals surface area contributed by atoms with Gasteiger partial charge in [0.2, 0.25) is 0 Å². The lowest BCUT2D eigenvalue weighted by atomic mass is 10.1. The number of nitrogens with zero attached hydrogens (tertiary/aromatic N) is 2. The molecular weight excluding hydrogens is 156 g/mol. The van der Waals surface area contributed by atoms with Crippen LogP contribution in [0.3, 0.4) is 0 Å². The van der Waals surface area contributed by atoms with E-state index in [1.807, 2.05) is 0 Å². The van der Waals surface area contributed by atoms with Gasteiger partial charge in [0.25, 0.3) is 0 Å². The molecule has 4 heteroatoms. The number of aromatic nitrogens is 1. The van der Waals surface area contributed by atoms with Crippen molar-refractivity contribution >= 4 is 0 Å². The van der Waals surface area contributed by atoms with Crippen LogP contribution < -0.4 is 0 Å². The van der Waals surface area contributed by atoms with E-state index >= 15 is 0 Å². The van der Waals surface area contributed by atoms with Crippen LogP contribution in [0, 0.1) is 0 Å². The molecule has 0 saturated heterocycles. The Morgan fingerprint density at radius 1 is 1.67 bits per heavy atom. The molecule has 0 amide bonds. The average Bonchev–Trinajstić information content (AvgIpc) is 2.46. The van der Waals surface area contributed by atoms with Gasteiger partial charge >= 0.3 is 0 Å². The van der Waals surface area contributed by atoms with E-state index in [1.54, 1.807) is 0 Å². The first-order chi connectivity index (χ1) is 5.81. The van der Waals surface area contributed by atoms with Gasteiger partial charge in [0.1, 0.15) is 11.5 Å². The van der Waals surface area contributed by atoms with Gasteiger partial charge in [-0.3, -0.25) is 0 Å². The van der Waals surface area contributed by atoms with Crippen molar-refractivity contribution in [1.29, 1.82) is 0 Å². The Bertz CT molecular complexity index is 269. The van der Waals surface area contributed by atoms with Crippen molar-refractivity contribution in [2.75, 3.05) is 13.6 Å². The first kappa shape index (κ1) is 7.76. The lowest BCUT2D eigenvalue weighted by Crippen LogP contribution is -2.26. The molecule has 1 aromatic rings. The summed E-state index contributed by atoms with van der Waals surface area (Å²) in [4.78, 5) is 2.19. The molecule has 0 aromatic carbocycles. The highest BCUT2D eigenvalue weighted by molar-refractivity contribution is 5.24. The molecule has 0 saturated carbocycles. The summed E-state index contributed by atoms with van der Waals surface area (Å²) in [5, 5.41) is 12.7. The largest absolute Gasteiger partial charge is 0.390 e. The number of hydrogen-bond donors (Lipinski definition) is 1. The lowest BCUT2D eigenvalue weighted by molar-refractivity contribution is 0.265. The molecule has 2 rings (SSSR count). The van der Waals surface area contributed by atoms with E-state index in [-0.39, 0.29) is 6.61 Å². The summed E-state index contributed by atoms with van der Waals surface area (Å²) in [6.45, 7) is 1.83. The molecule has 0 fully saturated rings. The fourth-order valence-corrected chi connectivity index (χ4v) is 1.52. The van der Waals surface area contributed by atoms with E-state index in [4.69, 9.17) is 9.63 Å². The summed E-state index contributed by atoms with van der Waals surface area (Å²) < 4.78 is 5.09. The summed E-state index contributed by atoms with van der Waals surface area (Å²) >= 11 is 0. The zero-order chi connectivity index (χ0) is 8.55. The van der Waals surface area contributed by atoms with Crippen LogP contribution in [0.25, 0.3) is 0 Å². The molecule has 0 bridgehead atoms. The standard InChI is InChI=1S/C8H12N2O2/c1-10-3-2-8-6(4-10)7(5-11)9-12-8/h11H,2-5H2,1H3. The molecule has 2 heterocycles. The summed E-state index contributed by atoms with van der Waals surface area (Å²) in [6.07, 6.45) is 0.902. The molecule has 4 nitrogen and oxygen atoms in total. The fraction of sp³-hybridized carbons (Fsp3) is 0.625. The molecule has 0 spiro atoms. The van der Waals surface area contributed by atoms with Crippen LogP contribution in [0.1, 0.15) is 17.0 Å². The third-order valence-electron chi connectivity index (χ3n) is 2.25. The Hall–Kier alpha value is -0.870. The highest BCUT2D eigenvalue weighted by Gasteiger charge is 2.21. The van der Waals surface area contributed by atoms with E-state index in [0.717, 1.165) is 30.8 Å². The Balaban J connectivity index is 2.34. The van der Waals surface area contributed by atoms with Crippen LogP contribution in [-0.2, 0) is 19.6 Å². The Kier molecular flexibility index (Phi) is 1.86. The molecule has 0 aliphatic carbocycles. The van der Waals surface area contributed by atoms with E-state index < -0.39 is 0 Å². The number of likely N-dealkylation sites (N-methyl/N-ethyl adjacent to an activating group) is 1. The van der Waals surface area contributed by atoms with E-state index in [0.29, 0.717) is 5.69 Å². The molecule has 0 atom stereocenters. The lowest BCUT2D eigenvalue weighted by Gasteiger charge is -2.20. The highest BCUT2D eigenvalue weighted by Crippen LogP contribution is 2.20. The second-order valence-corrected chi connectivity index (χ2v) is 3.18. The zero-order valence-corrected chi connectivity index (χ0v) is 7.08. The number of aliphatic hydroxyl groups excluding tert-OH is 1. The molecule has 12 heavy (non-hydrogen) atoms. The van der Waals surface area contributed by atoms with Gasteiger partial charge in [-0.25, -0.2) is 0 Å². The van der Waals surface area contributed by atoms with Crippen molar-refractivity contribution < 1.29 is 9.63 Å². The minimum atomic E-state index is -0.0212. The quantitative estimate of drug-likeness (QED) is 0.648. The Morgan fingerprint density at radius 2 is 2.50 bits per heavy atom. The van der Waals surface area contributed by atoms with Gasteiger partial charge in [-0.2, -0.15) is 0 Å². The van der Waals surface area contributed by atoms with Gasteiger partial charge < -0.3 is 14.5 Å². The second kappa shape index (κ2) is 2.88. The zero-order valence-electron chi connectivity index (χ0n) is 7.08. The normalized spacial score (nSPS) is 17.8. The summed E-state index contributed by atoms with van der Waals surface area (Å²) in [5.74, 6) is 0.942. The van der Waals surface area contributed by atoms with E-state index in [9.17, 15) is 0 Å². The number of fused-ring (bicyclic) bond motifs is 1. The SMILES string of the molecule is CN1CCc2onc(CO)c2C1. The van der Waals surface area contributed by atoms with Crippen molar-refractivity contribution in [3.05, 3.63) is 17.0 Å². The van der Waals surface area contributed by atoms with Crippen LogP contribution in [-0.4, -0.2) is 28.8 Å². The van der Waals surface area contributed by atoms with E-state index in [2.05, 4.69) is 17.1 Å². The van der Waals surface area contributed by atoms with Gasteiger partial charge in [0.05, 0.1) is 6.61 Å². The predicted molar refractivity (Wildman–Crippen MR) is 42.5 cm³/mol. The monoisotopic (exact) mass is 168 g/mol. The van der Waals surface area contributed by atoms with Gasteiger partial charge in [0.15, 0.2) is 0 Å².